The summed E-state index contributed by atoms with van der Waals surface area (Å²) < 4.78 is 1.49. The van der Waals surface area contributed by atoms with Crippen LogP contribution >= 0.6 is 0 Å². The number of nitrogens with two attached hydrogens (primary N) is 1. The fourth-order valence-electron chi connectivity index (χ4n) is 1.75. The van der Waals surface area contributed by atoms with Crippen molar-refractivity contribution in [2.75, 3.05) is 5.73 Å². The first-order valence-electron chi connectivity index (χ1n) is 6.04. The predicted octanol–water partition coefficient (Wildman–Crippen LogP) is 1.56. The van der Waals surface area contributed by atoms with Gasteiger partial charge in [-0.1, -0.05) is 20.3 Å². The highest BCUT2D eigenvalue weighted by atomic mass is 16.1. The molecule has 96 valence electrons. The molecule has 5 heteroatoms. The van der Waals surface area contributed by atoms with Gasteiger partial charge in [0.1, 0.15) is 11.4 Å². The van der Waals surface area contributed by atoms with E-state index in [0.29, 0.717) is 17.3 Å². The van der Waals surface area contributed by atoms with Crippen molar-refractivity contribution in [2.24, 2.45) is 13.0 Å². The summed E-state index contributed by atoms with van der Waals surface area (Å²) in [6.45, 7) is 6.34. The molecule has 3 N–H and O–H groups in total. The minimum Gasteiger partial charge on any atom is -0.383 e. The molecule has 0 aliphatic rings. The van der Waals surface area contributed by atoms with Gasteiger partial charge in [0.2, 0.25) is 0 Å². The molecule has 1 aromatic heterocycles. The molecule has 0 saturated carbocycles. The van der Waals surface area contributed by atoms with E-state index in [0.717, 1.165) is 12.8 Å². The highest BCUT2D eigenvalue weighted by Crippen LogP contribution is 2.12. The Balaban J connectivity index is 2.58. The molecule has 1 heterocycles. The zero-order valence-corrected chi connectivity index (χ0v) is 11.0. The highest BCUT2D eigenvalue weighted by molar-refractivity contribution is 5.98. The monoisotopic (exact) mass is 238 g/mol. The average molecular weight is 238 g/mol. The lowest BCUT2D eigenvalue weighted by molar-refractivity contribution is 0.0936. The Labute approximate surface area is 102 Å². The standard InChI is InChI=1S/C12H22N4O/c1-5-8(2)6-9(3)15-12(17)10-7-14-16(4)11(10)13/h7-9H,5-6,13H2,1-4H3,(H,15,17). The third-order valence-electron chi connectivity index (χ3n) is 3.06. The molecule has 1 rings (SSSR count). The maximum atomic E-state index is 11.9. The Kier molecular flexibility index (Phi) is 4.54. The molecule has 0 aromatic carbocycles. The number of nitrogens with one attached hydrogen (secondary N) is 1. The minimum absolute atomic E-state index is 0.147. The molecule has 0 aliphatic heterocycles. The summed E-state index contributed by atoms with van der Waals surface area (Å²) in [4.78, 5) is 11.9. The Bertz CT molecular complexity index is 386. The normalized spacial score (nSPS) is 14.4. The van der Waals surface area contributed by atoms with Crippen LogP contribution in [0.4, 0.5) is 5.82 Å². The molecule has 0 fully saturated rings. The zero-order chi connectivity index (χ0) is 13.0. The van der Waals surface area contributed by atoms with Crippen molar-refractivity contribution in [3.8, 4) is 0 Å². The number of aryl methyl sites for hydroxylation is 1. The predicted molar refractivity (Wildman–Crippen MR) is 68.6 cm³/mol. The molecule has 0 aliphatic carbocycles. The summed E-state index contributed by atoms with van der Waals surface area (Å²) in [5, 5.41) is 6.90. The average Bonchev–Trinajstić information content (AvgIpc) is 2.59. The number of aromatic nitrogens is 2. The molecule has 1 amide bonds. The van der Waals surface area contributed by atoms with Crippen LogP contribution in [0.3, 0.4) is 0 Å². The minimum atomic E-state index is -0.147. The number of carbonyl (C=O) groups is 1. The van der Waals surface area contributed by atoms with E-state index >= 15 is 0 Å². The quantitative estimate of drug-likeness (QED) is 0.817. The highest BCUT2D eigenvalue weighted by Gasteiger charge is 2.16. The van der Waals surface area contributed by atoms with Crippen LogP contribution in [0.2, 0.25) is 0 Å². The largest absolute Gasteiger partial charge is 0.383 e. The van der Waals surface area contributed by atoms with E-state index in [2.05, 4.69) is 24.3 Å². The molecule has 0 saturated heterocycles. The smallest absolute Gasteiger partial charge is 0.256 e. The molecule has 17 heavy (non-hydrogen) atoms. The first kappa shape index (κ1) is 13.5. The fraction of sp³-hybridized carbons (Fsp3) is 0.667. The van der Waals surface area contributed by atoms with Gasteiger partial charge in [-0.05, 0) is 19.3 Å². The summed E-state index contributed by atoms with van der Waals surface area (Å²) in [6.07, 6.45) is 3.60. The van der Waals surface area contributed by atoms with E-state index in [1.165, 1.54) is 10.9 Å². The lowest BCUT2D eigenvalue weighted by Crippen LogP contribution is -2.34. The molecule has 0 bridgehead atoms. The van der Waals surface area contributed by atoms with E-state index in [1.807, 2.05) is 6.92 Å². The van der Waals surface area contributed by atoms with Crippen LogP contribution in [0.25, 0.3) is 0 Å². The lowest BCUT2D eigenvalue weighted by atomic mass is 10.0. The fourth-order valence-corrected chi connectivity index (χ4v) is 1.75. The van der Waals surface area contributed by atoms with Crippen molar-refractivity contribution in [3.05, 3.63) is 11.8 Å². The summed E-state index contributed by atoms with van der Waals surface area (Å²) in [5.74, 6) is 0.862. The van der Waals surface area contributed by atoms with Crippen molar-refractivity contribution in [3.63, 3.8) is 0 Å². The maximum Gasteiger partial charge on any atom is 0.256 e. The van der Waals surface area contributed by atoms with Gasteiger partial charge in [0, 0.05) is 13.1 Å². The van der Waals surface area contributed by atoms with E-state index in [1.54, 1.807) is 7.05 Å². The van der Waals surface area contributed by atoms with E-state index in [9.17, 15) is 4.79 Å². The molecule has 2 unspecified atom stereocenters. The summed E-state index contributed by atoms with van der Waals surface area (Å²) in [5.41, 5.74) is 6.19. The van der Waals surface area contributed by atoms with Gasteiger partial charge in [-0.3, -0.25) is 9.48 Å². The Morgan fingerprint density at radius 1 is 1.59 bits per heavy atom. The third-order valence-corrected chi connectivity index (χ3v) is 3.06. The summed E-state index contributed by atoms with van der Waals surface area (Å²) >= 11 is 0. The van der Waals surface area contributed by atoms with Gasteiger partial charge in [0.05, 0.1) is 6.20 Å². The van der Waals surface area contributed by atoms with Gasteiger partial charge in [-0.25, -0.2) is 0 Å². The topological polar surface area (TPSA) is 72.9 Å². The SMILES string of the molecule is CCC(C)CC(C)NC(=O)c1cnn(C)c1N. The van der Waals surface area contributed by atoms with Gasteiger partial charge < -0.3 is 11.1 Å². The van der Waals surface area contributed by atoms with E-state index < -0.39 is 0 Å². The Morgan fingerprint density at radius 2 is 2.24 bits per heavy atom. The number of hydrogen-bond donors (Lipinski definition) is 2. The molecule has 2 atom stereocenters. The second kappa shape index (κ2) is 5.70. The van der Waals surface area contributed by atoms with Crippen molar-refractivity contribution < 1.29 is 4.79 Å². The number of nitrogen functional groups attached to an aromatic ring is 1. The van der Waals surface area contributed by atoms with E-state index in [-0.39, 0.29) is 11.9 Å². The number of anilines is 1. The van der Waals surface area contributed by atoms with Crippen molar-refractivity contribution in [1.29, 1.82) is 0 Å². The summed E-state index contributed by atoms with van der Waals surface area (Å²) in [6, 6.07) is 0.150. The van der Waals surface area contributed by atoms with Gasteiger partial charge in [-0.2, -0.15) is 5.10 Å². The van der Waals surface area contributed by atoms with E-state index in [4.69, 9.17) is 5.73 Å². The maximum absolute atomic E-state index is 11.9. The zero-order valence-electron chi connectivity index (χ0n) is 11.0. The van der Waals surface area contributed by atoms with Gasteiger partial charge in [0.25, 0.3) is 5.91 Å². The van der Waals surface area contributed by atoms with Crippen LogP contribution in [-0.2, 0) is 7.05 Å². The first-order chi connectivity index (χ1) is 7.95. The number of nitrogens with zero attached hydrogens (tertiary/aromatic N) is 2. The Morgan fingerprint density at radius 3 is 2.71 bits per heavy atom. The first-order valence-corrected chi connectivity index (χ1v) is 6.04. The second-order valence-electron chi connectivity index (χ2n) is 4.69. The molecular weight excluding hydrogens is 216 g/mol. The summed E-state index contributed by atoms with van der Waals surface area (Å²) in [7, 11) is 1.72. The Hall–Kier alpha value is -1.52. The van der Waals surface area contributed by atoms with Gasteiger partial charge in [0.15, 0.2) is 0 Å². The molecule has 0 spiro atoms. The number of carbonyl (C=O) groups excluding carboxylic acids is 1. The lowest BCUT2D eigenvalue weighted by Gasteiger charge is -2.17. The number of rotatable bonds is 5. The molecular formula is C12H22N4O. The van der Waals surface area contributed by atoms with Crippen LogP contribution in [-0.4, -0.2) is 21.7 Å². The number of amides is 1. The van der Waals surface area contributed by atoms with Crippen LogP contribution < -0.4 is 11.1 Å². The molecule has 0 radical (unpaired) electrons. The van der Waals surface area contributed by atoms with Crippen molar-refractivity contribution >= 4 is 11.7 Å². The second-order valence-corrected chi connectivity index (χ2v) is 4.69. The van der Waals surface area contributed by atoms with Crippen LogP contribution in [0, 0.1) is 5.92 Å². The molecule has 1 aromatic rings. The molecule has 5 nitrogen and oxygen atoms in total. The van der Waals surface area contributed by atoms with Crippen LogP contribution in [0.5, 0.6) is 0 Å². The van der Waals surface area contributed by atoms with Gasteiger partial charge >= 0.3 is 0 Å². The number of hydrogen-bond acceptors (Lipinski definition) is 3. The third kappa shape index (κ3) is 3.47. The van der Waals surface area contributed by atoms with Crippen molar-refractivity contribution in [2.45, 2.75) is 39.7 Å². The van der Waals surface area contributed by atoms with Crippen molar-refractivity contribution in [1.82, 2.24) is 15.1 Å². The van der Waals surface area contributed by atoms with Gasteiger partial charge in [-0.15, -0.1) is 0 Å². The van der Waals surface area contributed by atoms with Crippen LogP contribution in [0.1, 0.15) is 44.0 Å². The van der Waals surface area contributed by atoms with Crippen LogP contribution in [0.15, 0.2) is 6.20 Å².